The highest BCUT2D eigenvalue weighted by Gasteiger charge is 2.10. The molecule has 2 aromatic heterocycles. The van der Waals surface area contributed by atoms with Gasteiger partial charge in [0.05, 0.1) is 12.5 Å². The Bertz CT molecular complexity index is 497. The fourth-order valence-corrected chi connectivity index (χ4v) is 1.79. The molecule has 0 radical (unpaired) electrons. The van der Waals surface area contributed by atoms with E-state index in [1.54, 1.807) is 12.5 Å². The number of aromatic nitrogens is 4. The molecule has 0 aliphatic carbocycles. The summed E-state index contributed by atoms with van der Waals surface area (Å²) in [6.07, 6.45) is 5.46. The first-order chi connectivity index (χ1) is 8.78. The molecule has 0 amide bonds. The minimum absolute atomic E-state index is 0.626. The quantitative estimate of drug-likeness (QED) is 0.618. The van der Waals surface area contributed by atoms with Gasteiger partial charge in [-0.2, -0.15) is 0 Å². The van der Waals surface area contributed by atoms with Crippen LogP contribution in [0.4, 0.5) is 5.82 Å². The van der Waals surface area contributed by atoms with Gasteiger partial charge in [-0.25, -0.2) is 20.8 Å². The molecule has 0 spiro atoms. The summed E-state index contributed by atoms with van der Waals surface area (Å²) < 4.78 is 2.05. The van der Waals surface area contributed by atoms with Gasteiger partial charge in [0.2, 0.25) is 0 Å². The van der Waals surface area contributed by atoms with E-state index in [1.807, 2.05) is 6.07 Å². The minimum atomic E-state index is 0.626. The van der Waals surface area contributed by atoms with E-state index in [4.69, 9.17) is 5.84 Å². The summed E-state index contributed by atoms with van der Waals surface area (Å²) in [4.78, 5) is 13.1. The van der Waals surface area contributed by atoms with Crippen LogP contribution in [0, 0.1) is 0 Å². The molecule has 2 rings (SSSR count). The third-order valence-corrected chi connectivity index (χ3v) is 2.70. The van der Waals surface area contributed by atoms with Crippen LogP contribution in [-0.2, 0) is 13.0 Å². The van der Waals surface area contributed by atoms with Gasteiger partial charge in [-0.3, -0.25) is 0 Å². The highest BCUT2D eigenvalue weighted by molar-refractivity contribution is 5.52. The van der Waals surface area contributed by atoms with Gasteiger partial charge >= 0.3 is 0 Å². The number of nitrogens with zero attached hydrogens (tertiary/aromatic N) is 4. The average molecular weight is 246 g/mol. The van der Waals surface area contributed by atoms with Crippen molar-refractivity contribution in [1.82, 2.24) is 19.5 Å². The zero-order valence-electron chi connectivity index (χ0n) is 10.7. The normalized spacial score (nSPS) is 10.6. The Morgan fingerprint density at radius 2 is 2.17 bits per heavy atom. The molecule has 2 heterocycles. The van der Waals surface area contributed by atoms with E-state index < -0.39 is 0 Å². The van der Waals surface area contributed by atoms with Gasteiger partial charge < -0.3 is 9.99 Å². The van der Waals surface area contributed by atoms with Gasteiger partial charge in [-0.1, -0.05) is 13.8 Å². The molecule has 0 saturated carbocycles. The SMILES string of the molecule is CCCn1cncc1-c1nc(CC)cc(NN)n1. The van der Waals surface area contributed by atoms with Gasteiger partial charge in [0.15, 0.2) is 5.82 Å². The molecule has 18 heavy (non-hydrogen) atoms. The predicted octanol–water partition coefficient (Wildman–Crippen LogP) is 1.60. The van der Waals surface area contributed by atoms with Crippen molar-refractivity contribution in [2.45, 2.75) is 33.2 Å². The number of nitrogens with one attached hydrogen (secondary N) is 1. The fraction of sp³-hybridized carbons (Fsp3) is 0.417. The first-order valence-corrected chi connectivity index (χ1v) is 6.13. The summed E-state index contributed by atoms with van der Waals surface area (Å²) in [5.41, 5.74) is 4.45. The van der Waals surface area contributed by atoms with Gasteiger partial charge in [0, 0.05) is 18.3 Å². The molecule has 2 aromatic rings. The summed E-state index contributed by atoms with van der Waals surface area (Å²) in [5, 5.41) is 0. The van der Waals surface area contributed by atoms with Gasteiger partial charge in [0.1, 0.15) is 11.5 Å². The average Bonchev–Trinajstić information content (AvgIpc) is 2.87. The molecule has 0 fully saturated rings. The van der Waals surface area contributed by atoms with E-state index in [0.29, 0.717) is 11.6 Å². The number of rotatable bonds is 5. The molecule has 6 nitrogen and oxygen atoms in total. The Morgan fingerprint density at radius 1 is 1.33 bits per heavy atom. The number of nitrogen functional groups attached to an aromatic ring is 1. The topological polar surface area (TPSA) is 81.7 Å². The molecule has 6 heteroatoms. The number of anilines is 1. The van der Waals surface area contributed by atoms with Crippen LogP contribution in [0.2, 0.25) is 0 Å². The lowest BCUT2D eigenvalue weighted by molar-refractivity contribution is 0.681. The molecule has 0 aliphatic heterocycles. The lowest BCUT2D eigenvalue weighted by atomic mass is 10.3. The van der Waals surface area contributed by atoms with Crippen LogP contribution < -0.4 is 11.3 Å². The second-order valence-corrected chi connectivity index (χ2v) is 4.04. The van der Waals surface area contributed by atoms with E-state index in [1.165, 1.54) is 0 Å². The zero-order chi connectivity index (χ0) is 13.0. The minimum Gasteiger partial charge on any atom is -0.328 e. The highest BCUT2D eigenvalue weighted by atomic mass is 15.3. The molecule has 0 aliphatic rings. The fourth-order valence-electron chi connectivity index (χ4n) is 1.79. The number of aryl methyl sites for hydroxylation is 2. The molecule has 96 valence electrons. The van der Waals surface area contributed by atoms with Crippen LogP contribution in [0.25, 0.3) is 11.5 Å². The molecular weight excluding hydrogens is 228 g/mol. The second-order valence-electron chi connectivity index (χ2n) is 4.04. The molecule has 0 aromatic carbocycles. The van der Waals surface area contributed by atoms with Gasteiger partial charge in [-0.05, 0) is 12.8 Å². The largest absolute Gasteiger partial charge is 0.328 e. The molecule has 0 atom stereocenters. The number of nitrogens with two attached hydrogens (primary N) is 1. The molecule has 3 N–H and O–H groups in total. The second kappa shape index (κ2) is 5.59. The van der Waals surface area contributed by atoms with Crippen molar-refractivity contribution in [2.75, 3.05) is 5.43 Å². The van der Waals surface area contributed by atoms with Gasteiger partial charge in [-0.15, -0.1) is 0 Å². The molecule has 0 bridgehead atoms. The van der Waals surface area contributed by atoms with E-state index in [0.717, 1.165) is 30.8 Å². The maximum absolute atomic E-state index is 5.43. The van der Waals surface area contributed by atoms with E-state index in [-0.39, 0.29) is 0 Å². The van der Waals surface area contributed by atoms with Crippen molar-refractivity contribution in [3.8, 4) is 11.5 Å². The van der Waals surface area contributed by atoms with E-state index in [9.17, 15) is 0 Å². The van der Waals surface area contributed by atoms with Crippen LogP contribution in [0.3, 0.4) is 0 Å². The van der Waals surface area contributed by atoms with Crippen molar-refractivity contribution in [3.63, 3.8) is 0 Å². The monoisotopic (exact) mass is 246 g/mol. The maximum atomic E-state index is 5.43. The van der Waals surface area contributed by atoms with Crippen LogP contribution >= 0.6 is 0 Å². The molecule has 0 saturated heterocycles. The summed E-state index contributed by atoms with van der Waals surface area (Å²) in [7, 11) is 0. The van der Waals surface area contributed by atoms with Crippen molar-refractivity contribution >= 4 is 5.82 Å². The molecular formula is C12H18N6. The summed E-state index contributed by atoms with van der Waals surface area (Å²) >= 11 is 0. The van der Waals surface area contributed by atoms with Crippen LogP contribution in [0.5, 0.6) is 0 Å². The van der Waals surface area contributed by atoms with E-state index in [2.05, 4.69) is 38.8 Å². The third kappa shape index (κ3) is 2.48. The zero-order valence-corrected chi connectivity index (χ0v) is 10.7. The first-order valence-electron chi connectivity index (χ1n) is 6.13. The maximum Gasteiger partial charge on any atom is 0.180 e. The lowest BCUT2D eigenvalue weighted by Crippen LogP contribution is -2.11. The Balaban J connectivity index is 2.45. The van der Waals surface area contributed by atoms with Crippen molar-refractivity contribution in [2.24, 2.45) is 5.84 Å². The number of hydrogen-bond donors (Lipinski definition) is 2. The Labute approximate surface area is 106 Å². The van der Waals surface area contributed by atoms with Gasteiger partial charge in [0.25, 0.3) is 0 Å². The number of hydrazine groups is 1. The van der Waals surface area contributed by atoms with E-state index >= 15 is 0 Å². The number of imidazole rings is 1. The predicted molar refractivity (Wildman–Crippen MR) is 70.7 cm³/mol. The summed E-state index contributed by atoms with van der Waals surface area (Å²) in [6.45, 7) is 5.08. The van der Waals surface area contributed by atoms with Crippen LogP contribution in [0.15, 0.2) is 18.6 Å². The lowest BCUT2D eigenvalue weighted by Gasteiger charge is -2.08. The Kier molecular flexibility index (Phi) is 3.88. The third-order valence-electron chi connectivity index (χ3n) is 2.70. The first kappa shape index (κ1) is 12.5. The standard InChI is InChI=1S/C12H18N6/c1-3-5-18-8-14-7-10(18)12-15-9(4-2)6-11(16-12)17-13/h6-8H,3-5,13H2,1-2H3,(H,15,16,17). The van der Waals surface area contributed by atoms with Crippen molar-refractivity contribution in [1.29, 1.82) is 0 Å². The summed E-state index contributed by atoms with van der Waals surface area (Å²) in [5.74, 6) is 6.72. The molecule has 0 unspecified atom stereocenters. The highest BCUT2D eigenvalue weighted by Crippen LogP contribution is 2.18. The van der Waals surface area contributed by atoms with Crippen LogP contribution in [0.1, 0.15) is 26.0 Å². The van der Waals surface area contributed by atoms with Crippen molar-refractivity contribution < 1.29 is 0 Å². The Hall–Kier alpha value is -1.95. The van der Waals surface area contributed by atoms with Crippen LogP contribution in [-0.4, -0.2) is 19.5 Å². The smallest absolute Gasteiger partial charge is 0.180 e. The van der Waals surface area contributed by atoms with Crippen molar-refractivity contribution in [3.05, 3.63) is 24.3 Å². The number of hydrogen-bond acceptors (Lipinski definition) is 5. The Morgan fingerprint density at radius 3 is 2.83 bits per heavy atom. The summed E-state index contributed by atoms with van der Waals surface area (Å²) in [6, 6.07) is 1.85.